The van der Waals surface area contributed by atoms with Crippen LogP contribution in [0.2, 0.25) is 0 Å². The molecule has 18 heavy (non-hydrogen) atoms. The summed E-state index contributed by atoms with van der Waals surface area (Å²) in [5.41, 5.74) is 0.764. The van der Waals surface area contributed by atoms with Gasteiger partial charge in [-0.15, -0.1) is 0 Å². The molecule has 0 radical (unpaired) electrons. The highest BCUT2D eigenvalue weighted by Crippen LogP contribution is 2.17. The Morgan fingerprint density at radius 1 is 1.56 bits per heavy atom. The summed E-state index contributed by atoms with van der Waals surface area (Å²) in [6.45, 7) is 5.73. The van der Waals surface area contributed by atoms with Crippen molar-refractivity contribution >= 4 is 23.6 Å². The molecule has 0 fully saturated rings. The van der Waals surface area contributed by atoms with Gasteiger partial charge in [0.25, 0.3) is 0 Å². The van der Waals surface area contributed by atoms with Crippen molar-refractivity contribution in [2.24, 2.45) is 0 Å². The number of carboxylic acids is 1. The maximum atomic E-state index is 11.6. The molecule has 7 heteroatoms. The van der Waals surface area contributed by atoms with Crippen molar-refractivity contribution in [1.29, 1.82) is 0 Å². The van der Waals surface area contributed by atoms with Crippen molar-refractivity contribution in [1.82, 2.24) is 14.9 Å². The summed E-state index contributed by atoms with van der Waals surface area (Å²) in [7, 11) is 0. The van der Waals surface area contributed by atoms with Gasteiger partial charge >= 0.3 is 5.97 Å². The van der Waals surface area contributed by atoms with Gasteiger partial charge in [0.05, 0.1) is 11.4 Å². The Balaban J connectivity index is 2.69. The van der Waals surface area contributed by atoms with Crippen LogP contribution in [0.4, 0.5) is 0 Å². The average molecular weight is 271 g/mol. The second kappa shape index (κ2) is 6.44. The van der Waals surface area contributed by atoms with Crippen LogP contribution in [0.3, 0.4) is 0 Å². The highest BCUT2D eigenvalue weighted by atomic mass is 32.2. The van der Waals surface area contributed by atoms with Gasteiger partial charge in [0.1, 0.15) is 6.54 Å². The summed E-state index contributed by atoms with van der Waals surface area (Å²) < 4.78 is 1.67. The topological polar surface area (TPSA) is 84.2 Å². The Morgan fingerprint density at radius 3 is 2.78 bits per heavy atom. The number of amides is 1. The number of aryl methyl sites for hydroxylation is 1. The van der Waals surface area contributed by atoms with Gasteiger partial charge < -0.3 is 15.0 Å². The molecule has 2 N–H and O–H groups in total. The van der Waals surface area contributed by atoms with E-state index in [2.05, 4.69) is 10.3 Å². The first-order valence-corrected chi connectivity index (χ1v) is 6.54. The molecule has 0 saturated heterocycles. The molecule has 0 aromatic carbocycles. The van der Waals surface area contributed by atoms with Crippen LogP contribution in [0.25, 0.3) is 0 Å². The van der Waals surface area contributed by atoms with Crippen LogP contribution in [-0.2, 0) is 16.1 Å². The molecule has 1 aromatic rings. The minimum Gasteiger partial charge on any atom is -0.481 e. The van der Waals surface area contributed by atoms with E-state index in [1.165, 1.54) is 0 Å². The summed E-state index contributed by atoms with van der Waals surface area (Å²) in [6, 6.07) is 0.0808. The van der Waals surface area contributed by atoms with Crippen molar-refractivity contribution < 1.29 is 14.7 Å². The molecular weight excluding hydrogens is 254 g/mol. The Morgan fingerprint density at radius 2 is 2.22 bits per heavy atom. The molecule has 0 spiro atoms. The predicted molar refractivity (Wildman–Crippen MR) is 68.6 cm³/mol. The lowest BCUT2D eigenvalue weighted by Crippen LogP contribution is -2.33. The number of carboxylic acid groups (broad SMARTS) is 1. The number of nitrogens with zero attached hydrogens (tertiary/aromatic N) is 2. The number of hydrogen-bond donors (Lipinski definition) is 2. The third-order valence-corrected chi connectivity index (χ3v) is 2.92. The van der Waals surface area contributed by atoms with Crippen molar-refractivity contribution in [2.45, 2.75) is 38.5 Å². The zero-order chi connectivity index (χ0) is 13.7. The van der Waals surface area contributed by atoms with Crippen LogP contribution in [0.5, 0.6) is 0 Å². The van der Waals surface area contributed by atoms with E-state index in [1.807, 2.05) is 20.8 Å². The van der Waals surface area contributed by atoms with Crippen LogP contribution in [0, 0.1) is 6.92 Å². The average Bonchev–Trinajstić information content (AvgIpc) is 2.54. The quantitative estimate of drug-likeness (QED) is 0.751. The van der Waals surface area contributed by atoms with Crippen LogP contribution in [0.15, 0.2) is 11.4 Å². The zero-order valence-electron chi connectivity index (χ0n) is 10.6. The van der Waals surface area contributed by atoms with Crippen LogP contribution in [-0.4, -0.2) is 38.3 Å². The first kappa shape index (κ1) is 14.6. The molecule has 100 valence electrons. The first-order chi connectivity index (χ1) is 8.38. The summed E-state index contributed by atoms with van der Waals surface area (Å²) in [6.07, 6.45) is 1.74. The van der Waals surface area contributed by atoms with Crippen LogP contribution < -0.4 is 5.32 Å². The zero-order valence-corrected chi connectivity index (χ0v) is 11.5. The third kappa shape index (κ3) is 4.79. The molecule has 0 aliphatic carbocycles. The van der Waals surface area contributed by atoms with Gasteiger partial charge in [-0.1, -0.05) is 11.8 Å². The van der Waals surface area contributed by atoms with E-state index < -0.39 is 5.97 Å². The minimum absolute atomic E-state index is 0.0672. The highest BCUT2D eigenvalue weighted by Gasteiger charge is 2.12. The molecule has 1 amide bonds. The number of thioether (sulfide) groups is 1. The highest BCUT2D eigenvalue weighted by molar-refractivity contribution is 7.99. The molecule has 0 unspecified atom stereocenters. The first-order valence-electron chi connectivity index (χ1n) is 5.56. The number of carbonyl (C=O) groups is 2. The van der Waals surface area contributed by atoms with Gasteiger partial charge in [-0.2, -0.15) is 0 Å². The summed E-state index contributed by atoms with van der Waals surface area (Å²) in [5.74, 6) is -1.08. The molecule has 0 saturated carbocycles. The summed E-state index contributed by atoms with van der Waals surface area (Å²) in [5, 5.41) is 12.0. The van der Waals surface area contributed by atoms with E-state index in [1.54, 1.807) is 10.8 Å². The predicted octanol–water partition coefficient (Wildman–Crippen LogP) is 0.893. The summed E-state index contributed by atoms with van der Waals surface area (Å²) in [4.78, 5) is 26.4. The minimum atomic E-state index is -0.904. The van der Waals surface area contributed by atoms with Crippen molar-refractivity contribution in [3.05, 3.63) is 11.9 Å². The maximum absolute atomic E-state index is 11.6. The Hall–Kier alpha value is -1.50. The smallest absolute Gasteiger partial charge is 0.313 e. The normalized spacial score (nSPS) is 10.7. The van der Waals surface area contributed by atoms with Crippen molar-refractivity contribution in [3.8, 4) is 0 Å². The molecular formula is C11H17N3O3S. The van der Waals surface area contributed by atoms with Gasteiger partial charge in [-0.25, -0.2) is 4.98 Å². The van der Waals surface area contributed by atoms with Gasteiger partial charge in [0.15, 0.2) is 5.16 Å². The number of aliphatic carboxylic acids is 1. The van der Waals surface area contributed by atoms with Gasteiger partial charge in [-0.05, 0) is 20.8 Å². The lowest BCUT2D eigenvalue weighted by atomic mass is 10.4. The lowest BCUT2D eigenvalue weighted by molar-refractivity contribution is -0.133. The number of nitrogens with one attached hydrogen (secondary N) is 1. The Kier molecular flexibility index (Phi) is 5.21. The third-order valence-electron chi connectivity index (χ3n) is 1.95. The number of carbonyl (C=O) groups excluding carboxylic acids is 1. The largest absolute Gasteiger partial charge is 0.481 e. The Bertz CT molecular complexity index is 443. The molecule has 1 heterocycles. The molecule has 0 atom stereocenters. The lowest BCUT2D eigenvalue weighted by Gasteiger charge is -2.10. The fraction of sp³-hybridized carbons (Fsp3) is 0.545. The second-order valence-electron chi connectivity index (χ2n) is 4.20. The van der Waals surface area contributed by atoms with E-state index in [-0.39, 0.29) is 24.2 Å². The van der Waals surface area contributed by atoms with E-state index >= 15 is 0 Å². The molecule has 0 bridgehead atoms. The van der Waals surface area contributed by atoms with Crippen molar-refractivity contribution in [3.63, 3.8) is 0 Å². The summed E-state index contributed by atoms with van der Waals surface area (Å²) >= 11 is 1.11. The maximum Gasteiger partial charge on any atom is 0.313 e. The molecule has 0 aliphatic heterocycles. The van der Waals surface area contributed by atoms with E-state index in [9.17, 15) is 9.59 Å². The SMILES string of the molecule is Cc1cn(CC(=O)NC(C)C)c(SCC(=O)O)n1. The fourth-order valence-corrected chi connectivity index (χ4v) is 2.15. The van der Waals surface area contributed by atoms with Gasteiger partial charge in [0, 0.05) is 12.2 Å². The van der Waals surface area contributed by atoms with Crippen LogP contribution in [0.1, 0.15) is 19.5 Å². The van der Waals surface area contributed by atoms with Gasteiger partial charge in [0.2, 0.25) is 5.91 Å². The molecule has 1 rings (SSSR count). The number of imidazole rings is 1. The standard InChI is InChI=1S/C11H17N3O3S/c1-7(2)12-9(15)5-14-4-8(3)13-11(14)18-6-10(16)17/h4,7H,5-6H2,1-3H3,(H,12,15)(H,16,17). The molecule has 0 aliphatic rings. The molecule has 6 nitrogen and oxygen atoms in total. The van der Waals surface area contributed by atoms with Crippen LogP contribution >= 0.6 is 11.8 Å². The number of aromatic nitrogens is 2. The fourth-order valence-electron chi connectivity index (χ4n) is 1.40. The molecule has 1 aromatic heterocycles. The second-order valence-corrected chi connectivity index (χ2v) is 5.14. The monoisotopic (exact) mass is 271 g/mol. The number of hydrogen-bond acceptors (Lipinski definition) is 4. The van der Waals surface area contributed by atoms with Gasteiger partial charge in [-0.3, -0.25) is 9.59 Å². The van der Waals surface area contributed by atoms with E-state index in [4.69, 9.17) is 5.11 Å². The van der Waals surface area contributed by atoms with Crippen molar-refractivity contribution in [2.75, 3.05) is 5.75 Å². The number of rotatable bonds is 6. The van der Waals surface area contributed by atoms with E-state index in [0.717, 1.165) is 17.5 Å². The Labute approximate surface area is 110 Å². The van der Waals surface area contributed by atoms with E-state index in [0.29, 0.717) is 5.16 Å².